The van der Waals surface area contributed by atoms with Crippen LogP contribution in [0.15, 0.2) is 23.8 Å². The van der Waals surface area contributed by atoms with Gasteiger partial charge in [0.25, 0.3) is 0 Å². The van der Waals surface area contributed by atoms with Gasteiger partial charge in [-0.3, -0.25) is 4.79 Å². The molecule has 4 rings (SSSR count). The van der Waals surface area contributed by atoms with Gasteiger partial charge in [0.15, 0.2) is 5.78 Å². The molecule has 0 amide bonds. The summed E-state index contributed by atoms with van der Waals surface area (Å²) in [4.78, 5) is 23.6. The molecule has 0 bridgehead atoms. The fourth-order valence-corrected chi connectivity index (χ4v) is 8.44. The summed E-state index contributed by atoms with van der Waals surface area (Å²) >= 11 is 0. The highest BCUT2D eigenvalue weighted by Gasteiger charge is 2.59. The molecule has 3 saturated carbocycles. The van der Waals surface area contributed by atoms with Crippen molar-refractivity contribution in [3.8, 4) is 0 Å². The first-order valence-electron chi connectivity index (χ1n) is 13.0. The Morgan fingerprint density at radius 3 is 2.72 bits per heavy atom. The maximum Gasteiger partial charge on any atom is 0.330 e. The molecule has 3 fully saturated rings. The van der Waals surface area contributed by atoms with Crippen molar-refractivity contribution in [1.82, 2.24) is 0 Å². The van der Waals surface area contributed by atoms with Crippen LogP contribution in [0.2, 0.25) is 0 Å². The van der Waals surface area contributed by atoms with Crippen molar-refractivity contribution >= 4 is 11.8 Å². The molecule has 4 heteroatoms. The van der Waals surface area contributed by atoms with Crippen molar-refractivity contribution < 1.29 is 19.4 Å². The summed E-state index contributed by atoms with van der Waals surface area (Å²) in [5.74, 6) is 2.93. The van der Waals surface area contributed by atoms with E-state index in [1.165, 1.54) is 43.8 Å². The number of ether oxygens (including phenoxy) is 1. The second-order valence-electron chi connectivity index (χ2n) is 11.5. The molecule has 0 aromatic rings. The second-order valence-corrected chi connectivity index (χ2v) is 11.5. The summed E-state index contributed by atoms with van der Waals surface area (Å²) in [6.07, 6.45) is 14.3. The molecule has 0 radical (unpaired) electrons. The van der Waals surface area contributed by atoms with E-state index in [0.29, 0.717) is 30.6 Å². The number of ketones is 1. The molecule has 4 aliphatic carbocycles. The normalized spacial score (nSPS) is 40.8. The van der Waals surface area contributed by atoms with Crippen LogP contribution in [0.5, 0.6) is 0 Å². The zero-order chi connectivity index (χ0) is 23.1. The Kier molecular flexibility index (Phi) is 6.73. The molecule has 0 saturated heterocycles. The predicted molar refractivity (Wildman–Crippen MR) is 126 cm³/mol. The third-order valence-corrected chi connectivity index (χ3v) is 10.2. The van der Waals surface area contributed by atoms with E-state index >= 15 is 0 Å². The molecule has 8 atom stereocenters. The van der Waals surface area contributed by atoms with Crippen LogP contribution >= 0.6 is 0 Å². The van der Waals surface area contributed by atoms with Crippen LogP contribution in [0.1, 0.15) is 85.5 Å². The van der Waals surface area contributed by atoms with Gasteiger partial charge in [-0.1, -0.05) is 32.4 Å². The number of hydrogen-bond donors (Lipinski definition) is 1. The first-order valence-corrected chi connectivity index (χ1v) is 13.0. The van der Waals surface area contributed by atoms with Gasteiger partial charge in [0.05, 0.1) is 12.7 Å². The highest BCUT2D eigenvalue weighted by molar-refractivity contribution is 5.91. The van der Waals surface area contributed by atoms with E-state index in [0.717, 1.165) is 31.1 Å². The maximum absolute atomic E-state index is 12.0. The molecule has 0 heterocycles. The lowest BCUT2D eigenvalue weighted by molar-refractivity contribution is -0.137. The fourth-order valence-electron chi connectivity index (χ4n) is 8.44. The van der Waals surface area contributed by atoms with Crippen LogP contribution < -0.4 is 0 Å². The molecule has 0 spiro atoms. The van der Waals surface area contributed by atoms with Gasteiger partial charge >= 0.3 is 5.97 Å². The SMILES string of the molecule is CCOC(=O)/C=C/C[C@H](O)[C@@H](C)[C@H]1CC[C@H]2[C@@H]3CCC4=CC(=O)CC[C@]4(C)[C@H]3CC[C@]12C. The average molecular weight is 443 g/mol. The lowest BCUT2D eigenvalue weighted by Crippen LogP contribution is -2.51. The van der Waals surface area contributed by atoms with Crippen LogP contribution in [0.25, 0.3) is 0 Å². The molecular weight excluding hydrogens is 400 g/mol. The van der Waals surface area contributed by atoms with Crippen molar-refractivity contribution in [2.75, 3.05) is 6.61 Å². The van der Waals surface area contributed by atoms with Crippen LogP contribution in [0.3, 0.4) is 0 Å². The number of hydrogen-bond acceptors (Lipinski definition) is 4. The van der Waals surface area contributed by atoms with Gasteiger partial charge in [-0.15, -0.1) is 0 Å². The quantitative estimate of drug-likeness (QED) is 0.427. The standard InChI is InChI=1S/C28H42O4/c1-5-32-26(31)8-6-7-25(30)18(2)22-11-12-23-21-10-9-19-17-20(29)13-15-27(19,3)24(21)14-16-28(22,23)4/h6,8,17-18,21-25,30H,5,7,9-16H2,1-4H3/b8-6+/t18-,21-,22+,23-,24-,25-,27-,28+/m0/s1. The summed E-state index contributed by atoms with van der Waals surface area (Å²) in [7, 11) is 0. The van der Waals surface area contributed by atoms with Gasteiger partial charge in [-0.25, -0.2) is 4.79 Å². The molecule has 178 valence electrons. The van der Waals surface area contributed by atoms with Gasteiger partial charge in [-0.05, 0) is 105 Å². The zero-order valence-corrected chi connectivity index (χ0v) is 20.4. The molecule has 0 unspecified atom stereocenters. The van der Waals surface area contributed by atoms with Crippen LogP contribution in [-0.4, -0.2) is 29.6 Å². The van der Waals surface area contributed by atoms with E-state index in [9.17, 15) is 14.7 Å². The molecule has 4 nitrogen and oxygen atoms in total. The summed E-state index contributed by atoms with van der Waals surface area (Å²) in [6.45, 7) is 9.33. The minimum Gasteiger partial charge on any atom is -0.463 e. The lowest BCUT2D eigenvalue weighted by Gasteiger charge is -2.58. The Labute approximate surface area is 193 Å². The summed E-state index contributed by atoms with van der Waals surface area (Å²) in [5, 5.41) is 10.9. The molecule has 0 aromatic carbocycles. The zero-order valence-electron chi connectivity index (χ0n) is 20.4. The van der Waals surface area contributed by atoms with E-state index in [4.69, 9.17) is 4.74 Å². The number of allylic oxidation sites excluding steroid dienone is 1. The second kappa shape index (κ2) is 9.08. The van der Waals surface area contributed by atoms with Crippen LogP contribution in [0.4, 0.5) is 0 Å². The number of aliphatic hydroxyl groups excluding tert-OH is 1. The largest absolute Gasteiger partial charge is 0.463 e. The van der Waals surface area contributed by atoms with Crippen LogP contribution in [0, 0.1) is 40.4 Å². The number of carbonyl (C=O) groups is 2. The first kappa shape index (κ1) is 23.7. The van der Waals surface area contributed by atoms with E-state index in [1.54, 1.807) is 13.0 Å². The summed E-state index contributed by atoms with van der Waals surface area (Å²) in [6, 6.07) is 0. The van der Waals surface area contributed by atoms with Crippen molar-refractivity contribution in [3.05, 3.63) is 23.8 Å². The van der Waals surface area contributed by atoms with Crippen molar-refractivity contribution in [3.63, 3.8) is 0 Å². The maximum atomic E-state index is 12.0. The van der Waals surface area contributed by atoms with Crippen molar-refractivity contribution in [2.24, 2.45) is 40.4 Å². The number of aliphatic hydroxyl groups is 1. The molecule has 4 aliphatic rings. The Hall–Kier alpha value is -1.42. The predicted octanol–water partition coefficient (Wildman–Crippen LogP) is 5.64. The van der Waals surface area contributed by atoms with E-state index < -0.39 is 6.10 Å². The first-order chi connectivity index (χ1) is 15.2. The van der Waals surface area contributed by atoms with Gasteiger partial charge in [-0.2, -0.15) is 0 Å². The minimum atomic E-state index is -0.429. The molecule has 32 heavy (non-hydrogen) atoms. The molecule has 0 aliphatic heterocycles. The number of carbonyl (C=O) groups excluding carboxylic acids is 2. The summed E-state index contributed by atoms with van der Waals surface area (Å²) < 4.78 is 4.94. The molecular formula is C28H42O4. The highest BCUT2D eigenvalue weighted by Crippen LogP contribution is 2.67. The van der Waals surface area contributed by atoms with Crippen molar-refractivity contribution in [2.45, 2.75) is 91.6 Å². The monoisotopic (exact) mass is 442 g/mol. The number of esters is 1. The Balaban J connectivity index is 1.45. The van der Waals surface area contributed by atoms with E-state index in [2.05, 4.69) is 20.8 Å². The van der Waals surface area contributed by atoms with Gasteiger partial charge in [0.1, 0.15) is 0 Å². The third kappa shape index (κ3) is 4.02. The Bertz CT molecular complexity index is 797. The summed E-state index contributed by atoms with van der Waals surface area (Å²) in [5.41, 5.74) is 1.94. The van der Waals surface area contributed by atoms with Crippen LogP contribution in [-0.2, 0) is 14.3 Å². The van der Waals surface area contributed by atoms with Gasteiger partial charge in [0.2, 0.25) is 0 Å². The molecule has 1 N–H and O–H groups in total. The average Bonchev–Trinajstić information content (AvgIpc) is 3.11. The van der Waals surface area contributed by atoms with E-state index in [1.807, 2.05) is 6.08 Å². The fraction of sp³-hybridized carbons (Fsp3) is 0.786. The lowest BCUT2D eigenvalue weighted by atomic mass is 9.46. The topological polar surface area (TPSA) is 63.6 Å². The minimum absolute atomic E-state index is 0.218. The highest BCUT2D eigenvalue weighted by atomic mass is 16.5. The third-order valence-electron chi connectivity index (χ3n) is 10.2. The van der Waals surface area contributed by atoms with Gasteiger partial charge < -0.3 is 9.84 Å². The van der Waals surface area contributed by atoms with E-state index in [-0.39, 0.29) is 22.7 Å². The van der Waals surface area contributed by atoms with Crippen molar-refractivity contribution in [1.29, 1.82) is 0 Å². The number of fused-ring (bicyclic) bond motifs is 5. The van der Waals surface area contributed by atoms with Gasteiger partial charge in [0, 0.05) is 12.5 Å². The smallest absolute Gasteiger partial charge is 0.330 e. The molecule has 0 aromatic heterocycles. The number of rotatable bonds is 6. The Morgan fingerprint density at radius 1 is 1.19 bits per heavy atom. The Morgan fingerprint density at radius 2 is 1.97 bits per heavy atom.